The molecule has 0 atom stereocenters. The zero-order valence-corrected chi connectivity index (χ0v) is 16.4. The molecule has 1 N–H and O–H groups in total. The Balaban J connectivity index is 1.42. The topological polar surface area (TPSA) is 86.8 Å². The second kappa shape index (κ2) is 9.19. The predicted octanol–water partition coefficient (Wildman–Crippen LogP) is 1.80. The van der Waals surface area contributed by atoms with Crippen LogP contribution >= 0.6 is 11.6 Å². The number of carbonyl (C=O) groups is 4. The normalized spacial score (nSPS) is 17.0. The molecule has 0 aliphatic carbocycles. The number of hydrogen-bond acceptors (Lipinski definition) is 4. The molecule has 0 spiro atoms. The molecule has 0 unspecified atom stereocenters. The van der Waals surface area contributed by atoms with Crippen LogP contribution in [0.3, 0.4) is 0 Å². The van der Waals surface area contributed by atoms with E-state index in [0.29, 0.717) is 55.8 Å². The second-order valence-electron chi connectivity index (χ2n) is 7.07. The summed E-state index contributed by atoms with van der Waals surface area (Å²) in [6.45, 7) is 1.29. The molecule has 8 heteroatoms. The van der Waals surface area contributed by atoms with E-state index in [1.807, 2.05) is 4.90 Å². The number of carbonyl (C=O) groups excluding carboxylic acids is 4. The quantitative estimate of drug-likeness (QED) is 0.553. The Kier molecular flexibility index (Phi) is 6.67. The van der Waals surface area contributed by atoms with Gasteiger partial charge in [-0.1, -0.05) is 12.1 Å². The molecule has 3 rings (SSSR count). The molecule has 0 radical (unpaired) electrons. The minimum atomic E-state index is -0.350. The maximum absolute atomic E-state index is 12.3. The highest BCUT2D eigenvalue weighted by Crippen LogP contribution is 2.22. The van der Waals surface area contributed by atoms with Gasteiger partial charge in [0.1, 0.15) is 0 Å². The molecule has 0 aromatic heterocycles. The lowest BCUT2D eigenvalue weighted by Gasteiger charge is -2.32. The summed E-state index contributed by atoms with van der Waals surface area (Å²) in [5.74, 6) is -0.306. The fraction of sp³-hybridized carbons (Fsp3) is 0.500. The van der Waals surface area contributed by atoms with Crippen LogP contribution < -0.4 is 5.32 Å². The van der Waals surface area contributed by atoms with Gasteiger partial charge in [0.15, 0.2) is 0 Å². The molecule has 2 aliphatic rings. The standard InChI is InChI=1S/C20H24ClN3O4/c21-10-3-6-18(26)23-11-7-14(8-12-23)22-17(25)9-13-24-19(27)15-4-1-2-5-16(15)20(24)28/h1-2,4-5,14H,3,6-13H2,(H,22,25). The largest absolute Gasteiger partial charge is 0.353 e. The fourth-order valence-electron chi connectivity index (χ4n) is 3.60. The summed E-state index contributed by atoms with van der Waals surface area (Å²) in [6, 6.07) is 6.68. The van der Waals surface area contributed by atoms with Gasteiger partial charge in [0, 0.05) is 44.4 Å². The Morgan fingerprint density at radius 1 is 1.04 bits per heavy atom. The van der Waals surface area contributed by atoms with Crippen LogP contribution in [-0.4, -0.2) is 65.0 Å². The van der Waals surface area contributed by atoms with E-state index in [0.717, 1.165) is 4.90 Å². The third kappa shape index (κ3) is 4.52. The first-order valence-electron chi connectivity index (χ1n) is 9.59. The number of hydrogen-bond donors (Lipinski definition) is 1. The minimum Gasteiger partial charge on any atom is -0.353 e. The van der Waals surface area contributed by atoms with Gasteiger partial charge in [0.25, 0.3) is 11.8 Å². The molecule has 150 valence electrons. The molecule has 0 bridgehead atoms. The van der Waals surface area contributed by atoms with Crippen molar-refractivity contribution < 1.29 is 19.2 Å². The molecular weight excluding hydrogens is 382 g/mol. The summed E-state index contributed by atoms with van der Waals surface area (Å²) in [5, 5.41) is 2.95. The van der Waals surface area contributed by atoms with Gasteiger partial charge in [-0.05, 0) is 31.4 Å². The number of imide groups is 1. The molecule has 1 aromatic rings. The maximum Gasteiger partial charge on any atom is 0.261 e. The van der Waals surface area contributed by atoms with E-state index < -0.39 is 0 Å². The van der Waals surface area contributed by atoms with Crippen molar-refractivity contribution in [2.24, 2.45) is 0 Å². The van der Waals surface area contributed by atoms with E-state index in [2.05, 4.69) is 5.32 Å². The summed E-state index contributed by atoms with van der Waals surface area (Å²) in [4.78, 5) is 51.8. The van der Waals surface area contributed by atoms with Gasteiger partial charge in [0.05, 0.1) is 11.1 Å². The van der Waals surface area contributed by atoms with Crippen LogP contribution in [0.2, 0.25) is 0 Å². The van der Waals surface area contributed by atoms with Crippen molar-refractivity contribution in [2.75, 3.05) is 25.5 Å². The number of piperidine rings is 1. The number of benzene rings is 1. The van der Waals surface area contributed by atoms with Crippen LogP contribution in [0.15, 0.2) is 24.3 Å². The Bertz CT molecular complexity index is 739. The monoisotopic (exact) mass is 405 g/mol. The maximum atomic E-state index is 12.3. The summed E-state index contributed by atoms with van der Waals surface area (Å²) in [5.41, 5.74) is 0.776. The third-order valence-electron chi connectivity index (χ3n) is 5.18. The van der Waals surface area contributed by atoms with Crippen molar-refractivity contribution in [2.45, 2.75) is 38.1 Å². The number of alkyl halides is 1. The number of fused-ring (bicyclic) bond motifs is 1. The number of likely N-dealkylation sites (tertiary alicyclic amines) is 1. The van der Waals surface area contributed by atoms with E-state index in [1.54, 1.807) is 24.3 Å². The van der Waals surface area contributed by atoms with Gasteiger partial charge in [-0.25, -0.2) is 0 Å². The average molecular weight is 406 g/mol. The number of halogens is 1. The minimum absolute atomic E-state index is 0.00625. The van der Waals surface area contributed by atoms with Crippen LogP contribution in [0.4, 0.5) is 0 Å². The lowest BCUT2D eigenvalue weighted by molar-refractivity contribution is -0.132. The van der Waals surface area contributed by atoms with Gasteiger partial charge in [-0.2, -0.15) is 0 Å². The smallest absolute Gasteiger partial charge is 0.261 e. The van der Waals surface area contributed by atoms with Crippen LogP contribution in [0.1, 0.15) is 52.8 Å². The van der Waals surface area contributed by atoms with Crippen molar-refractivity contribution >= 4 is 35.2 Å². The zero-order chi connectivity index (χ0) is 20.1. The van der Waals surface area contributed by atoms with E-state index in [4.69, 9.17) is 11.6 Å². The van der Waals surface area contributed by atoms with E-state index >= 15 is 0 Å². The van der Waals surface area contributed by atoms with E-state index in [9.17, 15) is 19.2 Å². The first-order valence-corrected chi connectivity index (χ1v) is 10.1. The first-order chi connectivity index (χ1) is 13.5. The van der Waals surface area contributed by atoms with Crippen LogP contribution in [-0.2, 0) is 9.59 Å². The number of rotatable bonds is 7. The molecule has 4 amide bonds. The van der Waals surface area contributed by atoms with Crippen molar-refractivity contribution in [1.29, 1.82) is 0 Å². The Morgan fingerprint density at radius 3 is 2.21 bits per heavy atom. The fourth-order valence-corrected chi connectivity index (χ4v) is 3.74. The van der Waals surface area contributed by atoms with Crippen LogP contribution in [0.5, 0.6) is 0 Å². The van der Waals surface area contributed by atoms with Gasteiger partial charge < -0.3 is 10.2 Å². The SMILES string of the molecule is O=C(CCN1C(=O)c2ccccc2C1=O)NC1CCN(C(=O)CCCCl)CC1. The highest BCUT2D eigenvalue weighted by molar-refractivity contribution is 6.21. The Morgan fingerprint density at radius 2 is 1.64 bits per heavy atom. The Hall–Kier alpha value is -2.41. The highest BCUT2D eigenvalue weighted by Gasteiger charge is 2.35. The van der Waals surface area contributed by atoms with E-state index in [-0.39, 0.29) is 42.6 Å². The molecule has 28 heavy (non-hydrogen) atoms. The van der Waals surface area contributed by atoms with Crippen molar-refractivity contribution in [3.63, 3.8) is 0 Å². The summed E-state index contributed by atoms with van der Waals surface area (Å²) >= 11 is 5.62. The Labute approximate surface area is 169 Å². The zero-order valence-electron chi connectivity index (χ0n) is 15.7. The molecule has 1 saturated heterocycles. The number of nitrogens with one attached hydrogen (secondary N) is 1. The molecule has 2 heterocycles. The lowest BCUT2D eigenvalue weighted by Crippen LogP contribution is -2.47. The second-order valence-corrected chi connectivity index (χ2v) is 7.45. The van der Waals surface area contributed by atoms with Crippen molar-refractivity contribution in [1.82, 2.24) is 15.1 Å². The summed E-state index contributed by atoms with van der Waals surface area (Å²) in [6.07, 6.45) is 2.60. The van der Waals surface area contributed by atoms with E-state index in [1.165, 1.54) is 0 Å². The highest BCUT2D eigenvalue weighted by atomic mass is 35.5. The predicted molar refractivity (Wildman–Crippen MR) is 104 cm³/mol. The van der Waals surface area contributed by atoms with Crippen LogP contribution in [0, 0.1) is 0 Å². The van der Waals surface area contributed by atoms with Crippen LogP contribution in [0.25, 0.3) is 0 Å². The number of nitrogens with zero attached hydrogens (tertiary/aromatic N) is 2. The molecule has 2 aliphatic heterocycles. The molecular formula is C20H24ClN3O4. The molecule has 1 fully saturated rings. The molecule has 7 nitrogen and oxygen atoms in total. The molecule has 0 saturated carbocycles. The third-order valence-corrected chi connectivity index (χ3v) is 5.44. The summed E-state index contributed by atoms with van der Waals surface area (Å²) < 4.78 is 0. The van der Waals surface area contributed by atoms with Gasteiger partial charge in [0.2, 0.25) is 11.8 Å². The van der Waals surface area contributed by atoms with Gasteiger partial charge in [-0.15, -0.1) is 11.6 Å². The van der Waals surface area contributed by atoms with Crippen molar-refractivity contribution in [3.05, 3.63) is 35.4 Å². The molecule has 1 aromatic carbocycles. The summed E-state index contributed by atoms with van der Waals surface area (Å²) in [7, 11) is 0. The van der Waals surface area contributed by atoms with Gasteiger partial charge in [-0.3, -0.25) is 24.1 Å². The first kappa shape index (κ1) is 20.3. The average Bonchev–Trinajstić information content (AvgIpc) is 2.95. The van der Waals surface area contributed by atoms with Crippen molar-refractivity contribution in [3.8, 4) is 0 Å². The van der Waals surface area contributed by atoms with Gasteiger partial charge >= 0.3 is 0 Å². The number of amides is 4. The lowest BCUT2D eigenvalue weighted by atomic mass is 10.0.